The molecule has 1 aliphatic heterocycles. The summed E-state index contributed by atoms with van der Waals surface area (Å²) in [5.74, 6) is 1.60. The van der Waals surface area contributed by atoms with Gasteiger partial charge in [-0.25, -0.2) is 0 Å². The van der Waals surface area contributed by atoms with E-state index in [2.05, 4.69) is 37.0 Å². The van der Waals surface area contributed by atoms with Gasteiger partial charge in [-0.15, -0.1) is 6.58 Å². The lowest BCUT2D eigenvalue weighted by atomic mass is 9.85. The van der Waals surface area contributed by atoms with E-state index in [1.54, 1.807) is 0 Å². The summed E-state index contributed by atoms with van der Waals surface area (Å²) in [7, 11) is 0. The molecule has 1 heterocycles. The van der Waals surface area contributed by atoms with Crippen molar-refractivity contribution in [2.75, 3.05) is 13.2 Å². The fourth-order valence-electron chi connectivity index (χ4n) is 2.69. The zero-order chi connectivity index (χ0) is 12.8. The van der Waals surface area contributed by atoms with Crippen molar-refractivity contribution in [1.82, 2.24) is 5.32 Å². The Labute approximate surface area is 110 Å². The molecule has 0 saturated carbocycles. The zero-order valence-electron chi connectivity index (χ0n) is 11.2. The number of fused-ring (bicyclic) bond motifs is 1. The number of hydrogen-bond donors (Lipinski definition) is 1. The van der Waals surface area contributed by atoms with Crippen LogP contribution in [0.2, 0.25) is 0 Å². The van der Waals surface area contributed by atoms with Crippen LogP contribution in [0.3, 0.4) is 0 Å². The fourth-order valence-corrected chi connectivity index (χ4v) is 2.69. The van der Waals surface area contributed by atoms with Gasteiger partial charge in [0.1, 0.15) is 5.75 Å². The molecule has 0 aromatic heterocycles. The van der Waals surface area contributed by atoms with Gasteiger partial charge in [0.25, 0.3) is 0 Å². The number of para-hydroxylation sites is 1. The number of rotatable bonds is 6. The first kappa shape index (κ1) is 13.2. The Balaban J connectivity index is 2.17. The standard InChI is InChI=1S/C16H23NO/c1-3-7-15(17-11-4-2)13-10-12-18-16-9-6-5-8-14(13)16/h3,5-6,8-9,13,15,17H,1,4,7,10-12H2,2H3. The van der Waals surface area contributed by atoms with E-state index in [0.29, 0.717) is 12.0 Å². The molecule has 18 heavy (non-hydrogen) atoms. The van der Waals surface area contributed by atoms with Crippen LogP contribution in [0.15, 0.2) is 36.9 Å². The predicted octanol–water partition coefficient (Wildman–Crippen LogP) is 3.50. The lowest BCUT2D eigenvalue weighted by Gasteiger charge is -2.32. The highest BCUT2D eigenvalue weighted by atomic mass is 16.5. The van der Waals surface area contributed by atoms with Crippen molar-refractivity contribution < 1.29 is 4.74 Å². The highest BCUT2D eigenvalue weighted by Gasteiger charge is 2.27. The van der Waals surface area contributed by atoms with Crippen LogP contribution in [0.1, 0.15) is 37.7 Å². The van der Waals surface area contributed by atoms with E-state index in [9.17, 15) is 0 Å². The summed E-state index contributed by atoms with van der Waals surface area (Å²) < 4.78 is 5.73. The normalized spacial score (nSPS) is 19.7. The van der Waals surface area contributed by atoms with E-state index in [-0.39, 0.29) is 0 Å². The minimum absolute atomic E-state index is 0.479. The summed E-state index contributed by atoms with van der Waals surface area (Å²) in [5, 5.41) is 3.65. The van der Waals surface area contributed by atoms with Crippen molar-refractivity contribution in [1.29, 1.82) is 0 Å². The van der Waals surface area contributed by atoms with Crippen LogP contribution in [-0.4, -0.2) is 19.2 Å². The monoisotopic (exact) mass is 245 g/mol. The first-order valence-electron chi connectivity index (χ1n) is 6.92. The van der Waals surface area contributed by atoms with Crippen LogP contribution in [0, 0.1) is 0 Å². The highest BCUT2D eigenvalue weighted by Crippen LogP contribution is 2.36. The summed E-state index contributed by atoms with van der Waals surface area (Å²) >= 11 is 0. The van der Waals surface area contributed by atoms with Crippen molar-refractivity contribution in [2.24, 2.45) is 0 Å². The van der Waals surface area contributed by atoms with Gasteiger partial charge in [-0.3, -0.25) is 0 Å². The summed E-state index contributed by atoms with van der Waals surface area (Å²) in [6.07, 6.45) is 5.29. The molecule has 1 aromatic carbocycles. The Morgan fingerprint density at radius 1 is 1.50 bits per heavy atom. The van der Waals surface area contributed by atoms with Gasteiger partial charge in [-0.2, -0.15) is 0 Å². The Kier molecular flexibility index (Phi) is 4.82. The first-order valence-corrected chi connectivity index (χ1v) is 6.92. The Hall–Kier alpha value is -1.28. The topological polar surface area (TPSA) is 21.3 Å². The highest BCUT2D eigenvalue weighted by molar-refractivity contribution is 5.38. The summed E-state index contributed by atoms with van der Waals surface area (Å²) in [6.45, 7) is 7.98. The minimum Gasteiger partial charge on any atom is -0.493 e. The van der Waals surface area contributed by atoms with Gasteiger partial charge < -0.3 is 10.1 Å². The average molecular weight is 245 g/mol. The molecule has 0 aliphatic carbocycles. The van der Waals surface area contributed by atoms with E-state index in [4.69, 9.17) is 4.74 Å². The van der Waals surface area contributed by atoms with Crippen LogP contribution in [0.5, 0.6) is 5.75 Å². The van der Waals surface area contributed by atoms with Gasteiger partial charge in [-0.05, 0) is 37.4 Å². The molecule has 0 spiro atoms. The Morgan fingerprint density at radius 2 is 2.33 bits per heavy atom. The number of hydrogen-bond acceptors (Lipinski definition) is 2. The second-order valence-electron chi connectivity index (χ2n) is 4.87. The molecule has 0 radical (unpaired) electrons. The second kappa shape index (κ2) is 6.60. The first-order chi connectivity index (χ1) is 8.86. The van der Waals surface area contributed by atoms with Gasteiger partial charge in [0, 0.05) is 12.0 Å². The van der Waals surface area contributed by atoms with Crippen LogP contribution < -0.4 is 10.1 Å². The molecule has 2 nitrogen and oxygen atoms in total. The molecule has 1 aliphatic rings. The third-order valence-electron chi connectivity index (χ3n) is 3.57. The van der Waals surface area contributed by atoms with E-state index < -0.39 is 0 Å². The van der Waals surface area contributed by atoms with E-state index in [0.717, 1.165) is 31.7 Å². The van der Waals surface area contributed by atoms with Crippen molar-refractivity contribution >= 4 is 0 Å². The molecule has 1 aromatic rings. The fraction of sp³-hybridized carbons (Fsp3) is 0.500. The zero-order valence-corrected chi connectivity index (χ0v) is 11.2. The smallest absolute Gasteiger partial charge is 0.122 e. The lowest BCUT2D eigenvalue weighted by molar-refractivity contribution is 0.245. The molecule has 2 rings (SSSR count). The molecule has 2 unspecified atom stereocenters. The maximum atomic E-state index is 5.73. The minimum atomic E-state index is 0.479. The van der Waals surface area contributed by atoms with Crippen LogP contribution in [-0.2, 0) is 0 Å². The van der Waals surface area contributed by atoms with Crippen molar-refractivity contribution in [2.45, 2.75) is 38.1 Å². The largest absolute Gasteiger partial charge is 0.493 e. The van der Waals surface area contributed by atoms with Crippen molar-refractivity contribution in [3.8, 4) is 5.75 Å². The van der Waals surface area contributed by atoms with Gasteiger partial charge in [0.15, 0.2) is 0 Å². The SMILES string of the molecule is C=CCC(NCCC)C1CCOc2ccccc21. The molecule has 1 N–H and O–H groups in total. The molecule has 2 atom stereocenters. The van der Waals surface area contributed by atoms with Gasteiger partial charge in [0.2, 0.25) is 0 Å². The molecule has 0 amide bonds. The van der Waals surface area contributed by atoms with Gasteiger partial charge in [-0.1, -0.05) is 31.2 Å². The van der Waals surface area contributed by atoms with Crippen LogP contribution in [0.4, 0.5) is 0 Å². The molecular weight excluding hydrogens is 222 g/mol. The molecule has 0 bridgehead atoms. The molecule has 98 valence electrons. The number of ether oxygens (including phenoxy) is 1. The Morgan fingerprint density at radius 3 is 3.11 bits per heavy atom. The quantitative estimate of drug-likeness (QED) is 0.775. The van der Waals surface area contributed by atoms with Crippen LogP contribution in [0.25, 0.3) is 0 Å². The summed E-state index contributed by atoms with van der Waals surface area (Å²) in [5.41, 5.74) is 1.35. The lowest BCUT2D eigenvalue weighted by Crippen LogP contribution is -2.37. The summed E-state index contributed by atoms with van der Waals surface area (Å²) in [6, 6.07) is 8.90. The van der Waals surface area contributed by atoms with Gasteiger partial charge in [0.05, 0.1) is 6.61 Å². The predicted molar refractivity (Wildman–Crippen MR) is 76.2 cm³/mol. The Bertz CT molecular complexity index is 388. The van der Waals surface area contributed by atoms with Crippen molar-refractivity contribution in [3.63, 3.8) is 0 Å². The maximum absolute atomic E-state index is 5.73. The van der Waals surface area contributed by atoms with E-state index in [1.807, 2.05) is 12.1 Å². The maximum Gasteiger partial charge on any atom is 0.122 e. The number of nitrogens with one attached hydrogen (secondary N) is 1. The number of benzene rings is 1. The molecule has 0 saturated heterocycles. The second-order valence-corrected chi connectivity index (χ2v) is 4.87. The van der Waals surface area contributed by atoms with Gasteiger partial charge >= 0.3 is 0 Å². The van der Waals surface area contributed by atoms with Crippen molar-refractivity contribution in [3.05, 3.63) is 42.5 Å². The molecule has 0 fully saturated rings. The molecule has 2 heteroatoms. The van der Waals surface area contributed by atoms with Crippen LogP contribution >= 0.6 is 0 Å². The third kappa shape index (κ3) is 2.94. The average Bonchev–Trinajstić information content (AvgIpc) is 2.43. The third-order valence-corrected chi connectivity index (χ3v) is 3.57. The molecular formula is C16H23NO. The van der Waals surface area contributed by atoms with E-state index >= 15 is 0 Å². The van der Waals surface area contributed by atoms with E-state index in [1.165, 1.54) is 12.0 Å². The summed E-state index contributed by atoms with van der Waals surface area (Å²) in [4.78, 5) is 0.